The summed E-state index contributed by atoms with van der Waals surface area (Å²) in [7, 11) is 0. The van der Waals surface area contributed by atoms with Crippen LogP contribution in [0, 0.1) is 0 Å². The van der Waals surface area contributed by atoms with Crippen molar-refractivity contribution in [3.8, 4) is 5.75 Å². The van der Waals surface area contributed by atoms with Crippen LogP contribution in [0.15, 0.2) is 70.4 Å². The van der Waals surface area contributed by atoms with E-state index < -0.39 is 0 Å². The second-order valence-corrected chi connectivity index (χ2v) is 6.86. The van der Waals surface area contributed by atoms with E-state index in [4.69, 9.17) is 4.74 Å². The molecule has 0 spiro atoms. The van der Waals surface area contributed by atoms with Crippen LogP contribution in [0.3, 0.4) is 0 Å². The van der Waals surface area contributed by atoms with Gasteiger partial charge in [-0.05, 0) is 62.0 Å². The Balaban J connectivity index is 1.88. The normalized spacial score (nSPS) is 18.9. The van der Waals surface area contributed by atoms with Crippen molar-refractivity contribution in [1.82, 2.24) is 9.96 Å². The number of ether oxygens (including phenoxy) is 1. The van der Waals surface area contributed by atoms with Crippen LogP contribution in [0.4, 0.5) is 0 Å². The summed E-state index contributed by atoms with van der Waals surface area (Å²) in [5.74, 6) is 0.694. The van der Waals surface area contributed by atoms with Gasteiger partial charge in [0.15, 0.2) is 5.78 Å². The lowest BCUT2D eigenvalue weighted by Gasteiger charge is -2.23. The van der Waals surface area contributed by atoms with Crippen LogP contribution in [0.25, 0.3) is 5.70 Å². The lowest BCUT2D eigenvalue weighted by Crippen LogP contribution is -2.28. The van der Waals surface area contributed by atoms with Gasteiger partial charge in [0.05, 0.1) is 11.4 Å². The van der Waals surface area contributed by atoms with Crippen LogP contribution in [-0.2, 0) is 4.79 Å². The Hall–Kier alpha value is -2.96. The van der Waals surface area contributed by atoms with E-state index in [0.29, 0.717) is 29.3 Å². The zero-order valence-electron chi connectivity index (χ0n) is 17.1. The van der Waals surface area contributed by atoms with E-state index in [-0.39, 0.29) is 5.78 Å². The SMILES string of the molecule is CCN(CC)CCOc1ccccc1C1=CC(=C2C=CC(=O)C(C)=C2)N=CN1O. The molecule has 0 bridgehead atoms. The first-order valence-electron chi connectivity index (χ1n) is 9.87. The number of hydrogen-bond acceptors (Lipinski definition) is 6. The molecule has 2 aliphatic rings. The smallest absolute Gasteiger partial charge is 0.181 e. The summed E-state index contributed by atoms with van der Waals surface area (Å²) in [5.41, 5.74) is 3.49. The van der Waals surface area contributed by atoms with Crippen LogP contribution in [0.2, 0.25) is 0 Å². The highest BCUT2D eigenvalue weighted by Crippen LogP contribution is 2.32. The number of aliphatic imine (C=N–C) groups is 1. The molecular weight excluding hydrogens is 366 g/mol. The van der Waals surface area contributed by atoms with E-state index in [1.165, 1.54) is 12.4 Å². The maximum Gasteiger partial charge on any atom is 0.181 e. The van der Waals surface area contributed by atoms with E-state index in [1.807, 2.05) is 30.3 Å². The van der Waals surface area contributed by atoms with Gasteiger partial charge in [0.1, 0.15) is 18.7 Å². The second-order valence-electron chi connectivity index (χ2n) is 6.86. The van der Waals surface area contributed by atoms with E-state index in [9.17, 15) is 10.0 Å². The topological polar surface area (TPSA) is 65.4 Å². The monoisotopic (exact) mass is 393 g/mol. The molecular formula is C23H27N3O3. The molecule has 0 unspecified atom stereocenters. The van der Waals surface area contributed by atoms with Gasteiger partial charge in [0, 0.05) is 17.7 Å². The van der Waals surface area contributed by atoms with Crippen LogP contribution >= 0.6 is 0 Å². The molecule has 152 valence electrons. The molecule has 3 rings (SSSR count). The van der Waals surface area contributed by atoms with Gasteiger partial charge in [-0.1, -0.05) is 26.0 Å². The quantitative estimate of drug-likeness (QED) is 0.763. The first-order valence-corrected chi connectivity index (χ1v) is 9.87. The number of rotatable bonds is 7. The summed E-state index contributed by atoms with van der Waals surface area (Å²) in [6.07, 6.45) is 8.25. The third kappa shape index (κ3) is 4.91. The second kappa shape index (κ2) is 9.49. The third-order valence-electron chi connectivity index (χ3n) is 5.02. The number of hydrogen-bond donors (Lipinski definition) is 1. The highest BCUT2D eigenvalue weighted by atomic mass is 16.5. The van der Waals surface area contributed by atoms with E-state index in [2.05, 4.69) is 23.7 Å². The number of nitrogens with zero attached hydrogens (tertiary/aromatic N) is 3. The van der Waals surface area contributed by atoms with Crippen molar-refractivity contribution in [3.05, 3.63) is 71.0 Å². The average molecular weight is 393 g/mol. The van der Waals surface area contributed by atoms with Crippen molar-refractivity contribution < 1.29 is 14.7 Å². The van der Waals surface area contributed by atoms with Crippen LogP contribution < -0.4 is 4.74 Å². The summed E-state index contributed by atoms with van der Waals surface area (Å²) in [6, 6.07) is 7.62. The zero-order chi connectivity index (χ0) is 20.8. The molecule has 1 aliphatic heterocycles. The van der Waals surface area contributed by atoms with Crippen molar-refractivity contribution in [2.75, 3.05) is 26.2 Å². The Bertz CT molecular complexity index is 921. The van der Waals surface area contributed by atoms with Gasteiger partial charge in [-0.15, -0.1) is 0 Å². The minimum atomic E-state index is -0.00549. The van der Waals surface area contributed by atoms with Crippen molar-refractivity contribution in [3.63, 3.8) is 0 Å². The van der Waals surface area contributed by atoms with Crippen molar-refractivity contribution in [1.29, 1.82) is 0 Å². The molecule has 0 atom stereocenters. The fraction of sp³-hybridized carbons (Fsp3) is 0.304. The number of likely N-dealkylation sites (N-methyl/N-ethyl adjacent to an activating group) is 1. The highest BCUT2D eigenvalue weighted by molar-refractivity contribution is 6.05. The fourth-order valence-corrected chi connectivity index (χ4v) is 3.21. The van der Waals surface area contributed by atoms with Gasteiger partial charge in [-0.2, -0.15) is 0 Å². The molecule has 6 nitrogen and oxygen atoms in total. The van der Waals surface area contributed by atoms with Gasteiger partial charge in [0.25, 0.3) is 0 Å². The Morgan fingerprint density at radius 2 is 1.90 bits per heavy atom. The Labute approximate surface area is 171 Å². The summed E-state index contributed by atoms with van der Waals surface area (Å²) in [5, 5.41) is 11.4. The molecule has 1 N–H and O–H groups in total. The number of carbonyl (C=O) groups is 1. The summed E-state index contributed by atoms with van der Waals surface area (Å²) in [6.45, 7) is 9.40. The number of ketones is 1. The van der Waals surface area contributed by atoms with Crippen molar-refractivity contribution in [2.45, 2.75) is 20.8 Å². The van der Waals surface area contributed by atoms with E-state index >= 15 is 0 Å². The molecule has 0 aromatic heterocycles. The predicted molar refractivity (Wildman–Crippen MR) is 115 cm³/mol. The van der Waals surface area contributed by atoms with E-state index in [1.54, 1.807) is 19.1 Å². The summed E-state index contributed by atoms with van der Waals surface area (Å²) < 4.78 is 6.03. The van der Waals surface area contributed by atoms with Gasteiger partial charge in [0.2, 0.25) is 0 Å². The fourth-order valence-electron chi connectivity index (χ4n) is 3.21. The predicted octanol–water partition coefficient (Wildman–Crippen LogP) is 3.82. The Morgan fingerprint density at radius 3 is 2.62 bits per heavy atom. The standard InChI is InChI=1S/C23H27N3O3/c1-4-25(5-2)12-13-29-23-9-7-6-8-19(23)21-15-20(24-16-26(21)28)18-10-11-22(27)17(3)14-18/h6-11,14-16,28H,4-5,12-13H2,1-3H3. The lowest BCUT2D eigenvalue weighted by molar-refractivity contribution is -0.111. The third-order valence-corrected chi connectivity index (χ3v) is 5.02. The van der Waals surface area contributed by atoms with Gasteiger partial charge in [-0.3, -0.25) is 10.0 Å². The molecule has 0 saturated carbocycles. The van der Waals surface area contributed by atoms with Gasteiger partial charge < -0.3 is 9.64 Å². The Kier molecular flexibility index (Phi) is 6.80. The molecule has 29 heavy (non-hydrogen) atoms. The van der Waals surface area contributed by atoms with Crippen molar-refractivity contribution in [2.24, 2.45) is 4.99 Å². The number of benzene rings is 1. The zero-order valence-corrected chi connectivity index (χ0v) is 17.1. The highest BCUT2D eigenvalue weighted by Gasteiger charge is 2.19. The maximum absolute atomic E-state index is 11.7. The molecule has 0 saturated heterocycles. The molecule has 1 heterocycles. The van der Waals surface area contributed by atoms with E-state index in [0.717, 1.165) is 35.8 Å². The minimum Gasteiger partial charge on any atom is -0.492 e. The molecule has 1 aromatic carbocycles. The first-order chi connectivity index (χ1) is 14.0. The van der Waals surface area contributed by atoms with Crippen LogP contribution in [0.1, 0.15) is 26.3 Å². The average Bonchev–Trinajstić information content (AvgIpc) is 2.74. The minimum absolute atomic E-state index is 0.00549. The number of allylic oxidation sites excluding steroid dienone is 6. The lowest BCUT2D eigenvalue weighted by atomic mass is 9.99. The number of carbonyl (C=O) groups excluding carboxylic acids is 1. The largest absolute Gasteiger partial charge is 0.492 e. The van der Waals surface area contributed by atoms with Crippen LogP contribution in [0.5, 0.6) is 5.75 Å². The van der Waals surface area contributed by atoms with Crippen LogP contribution in [-0.4, -0.2) is 53.5 Å². The summed E-state index contributed by atoms with van der Waals surface area (Å²) in [4.78, 5) is 18.3. The molecule has 0 amide bonds. The summed E-state index contributed by atoms with van der Waals surface area (Å²) >= 11 is 0. The molecule has 1 aliphatic carbocycles. The van der Waals surface area contributed by atoms with Crippen molar-refractivity contribution >= 4 is 17.8 Å². The number of hydroxylamine groups is 2. The molecule has 1 aromatic rings. The first kappa shape index (κ1) is 20.8. The molecule has 0 fully saturated rings. The van der Waals surface area contributed by atoms with Gasteiger partial charge >= 0.3 is 0 Å². The number of para-hydroxylation sites is 1. The van der Waals surface area contributed by atoms with Gasteiger partial charge in [-0.25, -0.2) is 10.1 Å². The maximum atomic E-state index is 11.7. The molecule has 6 heteroatoms. The Morgan fingerprint density at radius 1 is 1.14 bits per heavy atom. The molecule has 0 radical (unpaired) electrons.